The maximum Gasteiger partial charge on any atom is 0.183 e. The van der Waals surface area contributed by atoms with Gasteiger partial charge in [-0.1, -0.05) is 52.7 Å². The van der Waals surface area contributed by atoms with Gasteiger partial charge in [0.15, 0.2) is 5.78 Å². The highest BCUT2D eigenvalue weighted by molar-refractivity contribution is 6.07. The van der Waals surface area contributed by atoms with Gasteiger partial charge in [0.2, 0.25) is 0 Å². The normalized spacial score (nSPS) is 10.1. The van der Waals surface area contributed by atoms with Gasteiger partial charge in [-0.25, -0.2) is 0 Å². The van der Waals surface area contributed by atoms with E-state index < -0.39 is 0 Å². The average Bonchev–Trinajstić information content (AvgIpc) is 2.28. The van der Waals surface area contributed by atoms with Crippen molar-refractivity contribution in [3.05, 3.63) is 24.3 Å². The van der Waals surface area contributed by atoms with Crippen LogP contribution in [0.1, 0.15) is 65.2 Å². The van der Waals surface area contributed by atoms with Crippen LogP contribution >= 0.6 is 0 Å². The van der Waals surface area contributed by atoms with Gasteiger partial charge >= 0.3 is 0 Å². The standard InChI is InChI=1S/C15H26O/c1-5-7-9-11-13(3)15(16)14(4)12-10-8-6-2/h3-12H2,1-2H3. The van der Waals surface area contributed by atoms with E-state index in [4.69, 9.17) is 0 Å². The van der Waals surface area contributed by atoms with E-state index in [9.17, 15) is 4.79 Å². The summed E-state index contributed by atoms with van der Waals surface area (Å²) in [5, 5.41) is 0. The summed E-state index contributed by atoms with van der Waals surface area (Å²) >= 11 is 0. The lowest BCUT2D eigenvalue weighted by Gasteiger charge is -2.07. The largest absolute Gasteiger partial charge is 0.289 e. The first-order chi connectivity index (χ1) is 7.63. The Morgan fingerprint density at radius 2 is 1.19 bits per heavy atom. The van der Waals surface area contributed by atoms with Gasteiger partial charge < -0.3 is 0 Å². The third kappa shape index (κ3) is 6.60. The van der Waals surface area contributed by atoms with Crippen molar-refractivity contribution in [2.75, 3.05) is 0 Å². The van der Waals surface area contributed by atoms with Gasteiger partial charge in [0.05, 0.1) is 0 Å². The minimum atomic E-state index is 0.104. The third-order valence-electron chi connectivity index (χ3n) is 2.81. The van der Waals surface area contributed by atoms with Gasteiger partial charge in [-0.15, -0.1) is 0 Å². The Morgan fingerprint density at radius 3 is 1.50 bits per heavy atom. The van der Waals surface area contributed by atoms with Crippen LogP contribution in [0.5, 0.6) is 0 Å². The Hall–Kier alpha value is -0.850. The first-order valence-electron chi connectivity index (χ1n) is 6.53. The second-order valence-electron chi connectivity index (χ2n) is 4.45. The number of Topliss-reactive ketones (excluding diaryl/α,β-unsaturated/α-hetero) is 1. The van der Waals surface area contributed by atoms with Crippen molar-refractivity contribution in [3.8, 4) is 0 Å². The molecule has 0 atom stereocenters. The molecular formula is C15H26O. The van der Waals surface area contributed by atoms with E-state index in [1.165, 1.54) is 25.7 Å². The van der Waals surface area contributed by atoms with Crippen LogP contribution in [0.4, 0.5) is 0 Å². The molecule has 0 saturated carbocycles. The molecule has 0 rings (SSSR count). The van der Waals surface area contributed by atoms with Crippen molar-refractivity contribution >= 4 is 5.78 Å². The van der Waals surface area contributed by atoms with Crippen molar-refractivity contribution < 1.29 is 4.79 Å². The monoisotopic (exact) mass is 222 g/mol. The molecule has 0 unspecified atom stereocenters. The Balaban J connectivity index is 3.83. The fraction of sp³-hybridized carbons (Fsp3) is 0.667. The van der Waals surface area contributed by atoms with Gasteiger partial charge in [-0.3, -0.25) is 4.79 Å². The Bertz CT molecular complexity index is 214. The molecule has 0 aliphatic rings. The minimum Gasteiger partial charge on any atom is -0.289 e. The average molecular weight is 222 g/mol. The Morgan fingerprint density at radius 1 is 0.812 bits per heavy atom. The number of hydrogen-bond acceptors (Lipinski definition) is 1. The Kier molecular flexibility index (Phi) is 8.88. The summed E-state index contributed by atoms with van der Waals surface area (Å²) in [5.41, 5.74) is 1.49. The molecular weight excluding hydrogens is 196 g/mol. The molecule has 0 bridgehead atoms. The van der Waals surface area contributed by atoms with Gasteiger partial charge in [0, 0.05) is 0 Å². The van der Waals surface area contributed by atoms with Crippen molar-refractivity contribution in [2.45, 2.75) is 65.2 Å². The number of hydrogen-bond donors (Lipinski definition) is 0. The van der Waals surface area contributed by atoms with Gasteiger partial charge in [0.25, 0.3) is 0 Å². The molecule has 0 spiro atoms. The molecule has 0 N–H and O–H groups in total. The zero-order valence-electron chi connectivity index (χ0n) is 11.0. The summed E-state index contributed by atoms with van der Waals surface area (Å²) in [4.78, 5) is 11.8. The SMILES string of the molecule is C=C(CCCCC)C(=O)C(=C)CCCCC. The summed E-state index contributed by atoms with van der Waals surface area (Å²) in [6, 6.07) is 0. The summed E-state index contributed by atoms with van der Waals surface area (Å²) < 4.78 is 0. The molecule has 1 heteroatoms. The zero-order chi connectivity index (χ0) is 12.4. The van der Waals surface area contributed by atoms with E-state index in [1.54, 1.807) is 0 Å². The molecule has 0 aromatic heterocycles. The lowest BCUT2D eigenvalue weighted by molar-refractivity contribution is -0.112. The minimum absolute atomic E-state index is 0.104. The quantitative estimate of drug-likeness (QED) is 0.382. The van der Waals surface area contributed by atoms with E-state index >= 15 is 0 Å². The topological polar surface area (TPSA) is 17.1 Å². The van der Waals surface area contributed by atoms with Crippen LogP contribution in [0.25, 0.3) is 0 Å². The van der Waals surface area contributed by atoms with E-state index in [-0.39, 0.29) is 5.78 Å². The molecule has 0 aromatic rings. The number of carbonyl (C=O) groups excluding carboxylic acids is 1. The molecule has 16 heavy (non-hydrogen) atoms. The third-order valence-corrected chi connectivity index (χ3v) is 2.81. The van der Waals surface area contributed by atoms with Crippen molar-refractivity contribution in [1.82, 2.24) is 0 Å². The summed E-state index contributed by atoms with van der Waals surface area (Å²) in [6.45, 7) is 12.1. The van der Waals surface area contributed by atoms with Gasteiger partial charge in [-0.2, -0.15) is 0 Å². The van der Waals surface area contributed by atoms with Crippen LogP contribution in [0.3, 0.4) is 0 Å². The van der Waals surface area contributed by atoms with E-state index in [1.807, 2.05) is 0 Å². The van der Waals surface area contributed by atoms with Crippen LogP contribution in [-0.2, 0) is 4.79 Å². The molecule has 0 fully saturated rings. The lowest BCUT2D eigenvalue weighted by atomic mass is 9.97. The predicted octanol–water partition coefficient (Wildman–Crippen LogP) is 4.83. The molecule has 0 saturated heterocycles. The molecule has 0 amide bonds. The van der Waals surface area contributed by atoms with Crippen molar-refractivity contribution in [1.29, 1.82) is 0 Å². The highest BCUT2D eigenvalue weighted by Gasteiger charge is 2.10. The number of allylic oxidation sites excluding steroid dienone is 2. The molecule has 92 valence electrons. The number of carbonyl (C=O) groups is 1. The van der Waals surface area contributed by atoms with E-state index in [2.05, 4.69) is 27.0 Å². The predicted molar refractivity (Wildman–Crippen MR) is 71.6 cm³/mol. The van der Waals surface area contributed by atoms with Crippen LogP contribution < -0.4 is 0 Å². The molecule has 0 heterocycles. The second kappa shape index (κ2) is 9.38. The van der Waals surface area contributed by atoms with E-state index in [0.717, 1.165) is 36.8 Å². The second-order valence-corrected chi connectivity index (χ2v) is 4.45. The first-order valence-corrected chi connectivity index (χ1v) is 6.53. The smallest absolute Gasteiger partial charge is 0.183 e. The summed E-state index contributed by atoms with van der Waals surface area (Å²) in [6.07, 6.45) is 8.52. The van der Waals surface area contributed by atoms with Crippen LogP contribution in [0.2, 0.25) is 0 Å². The summed E-state index contributed by atoms with van der Waals surface area (Å²) in [5.74, 6) is 0.104. The molecule has 0 aromatic carbocycles. The zero-order valence-corrected chi connectivity index (χ0v) is 11.0. The first kappa shape index (κ1) is 15.2. The molecule has 0 aliphatic heterocycles. The number of rotatable bonds is 10. The molecule has 0 radical (unpaired) electrons. The van der Waals surface area contributed by atoms with Crippen molar-refractivity contribution in [3.63, 3.8) is 0 Å². The molecule has 0 aliphatic carbocycles. The van der Waals surface area contributed by atoms with Crippen molar-refractivity contribution in [2.24, 2.45) is 0 Å². The fourth-order valence-corrected chi connectivity index (χ4v) is 1.65. The Labute approximate surface area is 101 Å². The molecule has 1 nitrogen and oxygen atoms in total. The number of unbranched alkanes of at least 4 members (excludes halogenated alkanes) is 4. The van der Waals surface area contributed by atoms with Crippen LogP contribution in [0, 0.1) is 0 Å². The van der Waals surface area contributed by atoms with E-state index in [0.29, 0.717) is 0 Å². The van der Waals surface area contributed by atoms with Crippen LogP contribution in [0.15, 0.2) is 24.3 Å². The fourth-order valence-electron chi connectivity index (χ4n) is 1.65. The number of ketones is 1. The highest BCUT2D eigenvalue weighted by Crippen LogP contribution is 2.15. The van der Waals surface area contributed by atoms with Gasteiger partial charge in [-0.05, 0) is 36.8 Å². The van der Waals surface area contributed by atoms with Gasteiger partial charge in [0.1, 0.15) is 0 Å². The lowest BCUT2D eigenvalue weighted by Crippen LogP contribution is -2.04. The maximum atomic E-state index is 11.8. The van der Waals surface area contributed by atoms with Crippen LogP contribution in [-0.4, -0.2) is 5.78 Å². The maximum absolute atomic E-state index is 11.8. The highest BCUT2D eigenvalue weighted by atomic mass is 16.1. The summed E-state index contributed by atoms with van der Waals surface area (Å²) in [7, 11) is 0.